The number of nitrogens with zero attached hydrogens (tertiary/aromatic N) is 2. The van der Waals surface area contributed by atoms with Crippen LogP contribution in [0.15, 0.2) is 36.5 Å². The van der Waals surface area contributed by atoms with Gasteiger partial charge in [0.05, 0.1) is 10.6 Å². The standard InChI is InChI=1S/C13H9ClN4O/c14-11-6-10(2-1-9(11)7-15)18-13(19)8-3-4-17-12(16)5-8/h1-6H,(H2,16,17)(H,18,19). The van der Waals surface area contributed by atoms with E-state index >= 15 is 0 Å². The van der Waals surface area contributed by atoms with E-state index in [1.165, 1.54) is 18.3 Å². The molecule has 0 aliphatic rings. The molecule has 2 aromatic rings. The molecule has 1 aromatic carbocycles. The summed E-state index contributed by atoms with van der Waals surface area (Å²) in [4.78, 5) is 15.7. The van der Waals surface area contributed by atoms with Crippen molar-refractivity contribution in [2.75, 3.05) is 11.1 Å². The van der Waals surface area contributed by atoms with Gasteiger partial charge in [0.25, 0.3) is 5.91 Å². The molecule has 1 aromatic heterocycles. The Bertz CT molecular complexity index is 679. The van der Waals surface area contributed by atoms with Crippen LogP contribution in [0.5, 0.6) is 0 Å². The van der Waals surface area contributed by atoms with E-state index in [0.29, 0.717) is 16.8 Å². The Balaban J connectivity index is 2.20. The predicted octanol–water partition coefficient (Wildman–Crippen LogP) is 2.44. The van der Waals surface area contributed by atoms with Crippen molar-refractivity contribution in [3.8, 4) is 6.07 Å². The van der Waals surface area contributed by atoms with E-state index in [4.69, 9.17) is 22.6 Å². The van der Waals surface area contributed by atoms with Crippen LogP contribution < -0.4 is 11.1 Å². The van der Waals surface area contributed by atoms with Gasteiger partial charge < -0.3 is 11.1 Å². The van der Waals surface area contributed by atoms with E-state index in [-0.39, 0.29) is 16.7 Å². The lowest BCUT2D eigenvalue weighted by atomic mass is 10.2. The van der Waals surface area contributed by atoms with Crippen molar-refractivity contribution in [3.63, 3.8) is 0 Å². The largest absolute Gasteiger partial charge is 0.384 e. The van der Waals surface area contributed by atoms with Gasteiger partial charge in [-0.25, -0.2) is 4.98 Å². The summed E-state index contributed by atoms with van der Waals surface area (Å²) in [7, 11) is 0. The maximum Gasteiger partial charge on any atom is 0.255 e. The topological polar surface area (TPSA) is 91.8 Å². The van der Waals surface area contributed by atoms with Gasteiger partial charge in [0.1, 0.15) is 11.9 Å². The first-order valence-electron chi connectivity index (χ1n) is 5.32. The second kappa shape index (κ2) is 5.38. The second-order valence-corrected chi connectivity index (χ2v) is 4.14. The first-order chi connectivity index (χ1) is 9.10. The van der Waals surface area contributed by atoms with Crippen LogP contribution in [0.3, 0.4) is 0 Å². The lowest BCUT2D eigenvalue weighted by Gasteiger charge is -2.06. The van der Waals surface area contributed by atoms with Crippen LogP contribution in [0, 0.1) is 11.3 Å². The normalized spacial score (nSPS) is 9.68. The number of anilines is 2. The molecule has 0 saturated heterocycles. The smallest absolute Gasteiger partial charge is 0.255 e. The molecular weight excluding hydrogens is 264 g/mol. The van der Waals surface area contributed by atoms with Crippen molar-refractivity contribution in [1.29, 1.82) is 5.26 Å². The molecule has 5 nitrogen and oxygen atoms in total. The van der Waals surface area contributed by atoms with Gasteiger partial charge in [-0.2, -0.15) is 5.26 Å². The molecule has 0 aliphatic carbocycles. The van der Waals surface area contributed by atoms with E-state index in [9.17, 15) is 4.79 Å². The number of hydrogen-bond acceptors (Lipinski definition) is 4. The van der Waals surface area contributed by atoms with E-state index in [1.807, 2.05) is 6.07 Å². The van der Waals surface area contributed by atoms with Crippen LogP contribution in [0.4, 0.5) is 11.5 Å². The molecule has 0 fully saturated rings. The summed E-state index contributed by atoms with van der Waals surface area (Å²) in [6.45, 7) is 0. The number of nitriles is 1. The van der Waals surface area contributed by atoms with Crippen LogP contribution in [-0.4, -0.2) is 10.9 Å². The lowest BCUT2D eigenvalue weighted by molar-refractivity contribution is 0.102. The number of carbonyl (C=O) groups excluding carboxylic acids is 1. The van der Waals surface area contributed by atoms with Crippen molar-refractivity contribution < 1.29 is 4.79 Å². The number of pyridine rings is 1. The molecule has 0 unspecified atom stereocenters. The molecule has 19 heavy (non-hydrogen) atoms. The maximum absolute atomic E-state index is 11.9. The summed E-state index contributed by atoms with van der Waals surface area (Å²) in [5, 5.41) is 11.7. The summed E-state index contributed by atoms with van der Waals surface area (Å²) in [6.07, 6.45) is 1.45. The van der Waals surface area contributed by atoms with Crippen LogP contribution in [0.1, 0.15) is 15.9 Å². The molecule has 0 atom stereocenters. The Hall–Kier alpha value is -2.58. The summed E-state index contributed by atoms with van der Waals surface area (Å²) >= 11 is 5.88. The highest BCUT2D eigenvalue weighted by Gasteiger charge is 2.08. The van der Waals surface area contributed by atoms with Crippen molar-refractivity contribution in [1.82, 2.24) is 4.98 Å². The minimum absolute atomic E-state index is 0.269. The summed E-state index contributed by atoms with van der Waals surface area (Å²) in [5.74, 6) is -0.0552. The van der Waals surface area contributed by atoms with Crippen LogP contribution >= 0.6 is 11.6 Å². The average Bonchev–Trinajstić information content (AvgIpc) is 2.39. The molecule has 1 heterocycles. The Morgan fingerprint density at radius 2 is 2.16 bits per heavy atom. The minimum atomic E-state index is -0.324. The average molecular weight is 273 g/mol. The SMILES string of the molecule is N#Cc1ccc(NC(=O)c2ccnc(N)c2)cc1Cl. The van der Waals surface area contributed by atoms with Gasteiger partial charge in [-0.3, -0.25) is 4.79 Å². The predicted molar refractivity (Wildman–Crippen MR) is 72.8 cm³/mol. The van der Waals surface area contributed by atoms with E-state index < -0.39 is 0 Å². The lowest BCUT2D eigenvalue weighted by Crippen LogP contribution is -2.12. The van der Waals surface area contributed by atoms with Crippen molar-refractivity contribution in [2.45, 2.75) is 0 Å². The number of nitrogens with one attached hydrogen (secondary N) is 1. The third kappa shape index (κ3) is 3.00. The van der Waals surface area contributed by atoms with E-state index in [2.05, 4.69) is 10.3 Å². The Labute approximate surface area is 114 Å². The Kier molecular flexibility index (Phi) is 3.64. The third-order valence-corrected chi connectivity index (χ3v) is 2.70. The summed E-state index contributed by atoms with van der Waals surface area (Å²) in [6, 6.07) is 9.63. The fraction of sp³-hybridized carbons (Fsp3) is 0. The molecule has 0 bridgehead atoms. The summed E-state index contributed by atoms with van der Waals surface area (Å²) in [5.41, 5.74) is 6.76. The molecule has 0 radical (unpaired) electrons. The second-order valence-electron chi connectivity index (χ2n) is 3.73. The van der Waals surface area contributed by atoms with Gasteiger partial charge in [-0.15, -0.1) is 0 Å². The molecule has 1 amide bonds. The number of nitrogen functional groups attached to an aromatic ring is 1. The van der Waals surface area contributed by atoms with Gasteiger partial charge in [0.15, 0.2) is 0 Å². The zero-order valence-corrected chi connectivity index (χ0v) is 10.5. The molecule has 6 heteroatoms. The number of rotatable bonds is 2. The highest BCUT2D eigenvalue weighted by Crippen LogP contribution is 2.20. The molecular formula is C13H9ClN4O. The fourth-order valence-corrected chi connectivity index (χ4v) is 1.70. The van der Waals surface area contributed by atoms with Crippen LogP contribution in [0.25, 0.3) is 0 Å². The summed E-state index contributed by atoms with van der Waals surface area (Å²) < 4.78 is 0. The zero-order valence-electron chi connectivity index (χ0n) is 9.72. The molecule has 0 saturated carbocycles. The molecule has 3 N–H and O–H groups in total. The number of nitrogens with two attached hydrogens (primary N) is 1. The number of halogens is 1. The number of amides is 1. The van der Waals surface area contributed by atoms with Gasteiger partial charge in [-0.05, 0) is 30.3 Å². The van der Waals surface area contributed by atoms with Gasteiger partial charge >= 0.3 is 0 Å². The van der Waals surface area contributed by atoms with Crippen LogP contribution in [-0.2, 0) is 0 Å². The highest BCUT2D eigenvalue weighted by molar-refractivity contribution is 6.32. The van der Waals surface area contributed by atoms with Gasteiger partial charge in [0, 0.05) is 17.4 Å². The van der Waals surface area contributed by atoms with E-state index in [0.717, 1.165) is 0 Å². The number of hydrogen-bond donors (Lipinski definition) is 2. The first-order valence-corrected chi connectivity index (χ1v) is 5.70. The Morgan fingerprint density at radius 3 is 2.79 bits per heavy atom. The van der Waals surface area contributed by atoms with Crippen LogP contribution in [0.2, 0.25) is 5.02 Å². The maximum atomic E-state index is 11.9. The quantitative estimate of drug-likeness (QED) is 0.878. The van der Waals surface area contributed by atoms with Crippen molar-refractivity contribution in [3.05, 3.63) is 52.7 Å². The van der Waals surface area contributed by atoms with Gasteiger partial charge in [0.2, 0.25) is 0 Å². The number of benzene rings is 1. The molecule has 2 rings (SSSR count). The molecule has 0 spiro atoms. The number of carbonyl (C=O) groups is 1. The van der Waals surface area contributed by atoms with Gasteiger partial charge in [-0.1, -0.05) is 11.6 Å². The number of aromatic nitrogens is 1. The highest BCUT2D eigenvalue weighted by atomic mass is 35.5. The minimum Gasteiger partial charge on any atom is -0.384 e. The van der Waals surface area contributed by atoms with Crippen molar-refractivity contribution >= 4 is 29.0 Å². The van der Waals surface area contributed by atoms with Crippen molar-refractivity contribution in [2.24, 2.45) is 0 Å². The first kappa shape index (κ1) is 12.9. The van der Waals surface area contributed by atoms with E-state index in [1.54, 1.807) is 18.2 Å². The Morgan fingerprint density at radius 1 is 1.37 bits per heavy atom. The monoisotopic (exact) mass is 272 g/mol. The molecule has 0 aliphatic heterocycles. The third-order valence-electron chi connectivity index (χ3n) is 2.39. The zero-order chi connectivity index (χ0) is 13.8. The molecule has 94 valence electrons. The fourth-order valence-electron chi connectivity index (χ4n) is 1.48.